The number of hydrogen-bond donors (Lipinski definition) is 0. The number of Topliss-reactive ketones (excluding diaryl/α,β-unsaturated/α-hetero) is 1. The third-order valence-corrected chi connectivity index (χ3v) is 3.43. The van der Waals surface area contributed by atoms with Crippen LogP contribution in [0.25, 0.3) is 0 Å². The molecular weight excluding hydrogens is 160 g/mol. The first-order valence-electron chi connectivity index (χ1n) is 5.21. The number of carbonyl (C=O) groups is 1. The van der Waals surface area contributed by atoms with Crippen LogP contribution in [0.3, 0.4) is 0 Å². The van der Waals surface area contributed by atoms with Crippen LogP contribution in [-0.4, -0.2) is 5.78 Å². The van der Waals surface area contributed by atoms with Crippen LogP contribution in [0, 0.1) is 11.3 Å². The molecule has 0 heterocycles. The quantitative estimate of drug-likeness (QED) is 0.470. The molecule has 0 aromatic rings. The molecule has 1 unspecified atom stereocenters. The van der Waals surface area contributed by atoms with Crippen molar-refractivity contribution in [3.05, 3.63) is 12.7 Å². The molecule has 0 aromatic carbocycles. The molecule has 1 heteroatoms. The van der Waals surface area contributed by atoms with E-state index in [1.807, 2.05) is 0 Å². The van der Waals surface area contributed by atoms with Crippen molar-refractivity contribution in [1.29, 1.82) is 0 Å². The monoisotopic (exact) mass is 180 g/mol. The molecule has 0 amide bonds. The Morgan fingerprint density at radius 3 is 2.69 bits per heavy atom. The van der Waals surface area contributed by atoms with Gasteiger partial charge in [0.25, 0.3) is 0 Å². The maximum absolute atomic E-state index is 11.2. The van der Waals surface area contributed by atoms with Gasteiger partial charge in [0, 0.05) is 5.92 Å². The molecule has 0 bridgehead atoms. The van der Waals surface area contributed by atoms with Gasteiger partial charge in [-0.1, -0.05) is 19.4 Å². The van der Waals surface area contributed by atoms with Crippen LogP contribution in [0.4, 0.5) is 0 Å². The van der Waals surface area contributed by atoms with Crippen molar-refractivity contribution in [3.63, 3.8) is 0 Å². The summed E-state index contributed by atoms with van der Waals surface area (Å²) in [4.78, 5) is 11.2. The van der Waals surface area contributed by atoms with Gasteiger partial charge in [0.05, 0.1) is 0 Å². The van der Waals surface area contributed by atoms with Crippen LogP contribution in [0.1, 0.15) is 46.0 Å². The van der Waals surface area contributed by atoms with E-state index in [0.29, 0.717) is 11.7 Å². The summed E-state index contributed by atoms with van der Waals surface area (Å²) in [5.74, 6) is 0.690. The molecule has 0 radical (unpaired) electrons. The molecule has 0 aromatic heterocycles. The lowest BCUT2D eigenvalue weighted by molar-refractivity contribution is -0.121. The smallest absolute Gasteiger partial charge is 0.132 e. The molecule has 1 aliphatic rings. The number of rotatable bonds is 2. The van der Waals surface area contributed by atoms with Crippen molar-refractivity contribution >= 4 is 5.78 Å². The second-order valence-electron chi connectivity index (χ2n) is 4.60. The molecule has 1 rings (SSSR count). The zero-order valence-electron chi connectivity index (χ0n) is 8.81. The number of ketones is 1. The Morgan fingerprint density at radius 2 is 2.15 bits per heavy atom. The molecule has 2 atom stereocenters. The highest BCUT2D eigenvalue weighted by atomic mass is 16.1. The Balaban J connectivity index is 2.58. The minimum atomic E-state index is 0.282. The summed E-state index contributed by atoms with van der Waals surface area (Å²) < 4.78 is 0. The molecule has 1 saturated carbocycles. The van der Waals surface area contributed by atoms with Crippen LogP contribution < -0.4 is 0 Å². The second-order valence-corrected chi connectivity index (χ2v) is 4.60. The van der Waals surface area contributed by atoms with Crippen molar-refractivity contribution in [3.8, 4) is 0 Å². The Hall–Kier alpha value is -0.590. The normalized spacial score (nSPS) is 35.1. The third kappa shape index (κ3) is 2.68. The molecular formula is C12H20O. The van der Waals surface area contributed by atoms with E-state index in [9.17, 15) is 4.79 Å². The first-order valence-corrected chi connectivity index (χ1v) is 5.21. The average molecular weight is 180 g/mol. The van der Waals surface area contributed by atoms with Crippen molar-refractivity contribution < 1.29 is 4.79 Å². The zero-order valence-corrected chi connectivity index (χ0v) is 8.81. The number of hydrogen-bond acceptors (Lipinski definition) is 1. The van der Waals surface area contributed by atoms with E-state index in [1.165, 1.54) is 12.8 Å². The summed E-state index contributed by atoms with van der Waals surface area (Å²) in [7, 11) is 0. The lowest BCUT2D eigenvalue weighted by Crippen LogP contribution is -2.13. The highest BCUT2D eigenvalue weighted by Crippen LogP contribution is 2.37. The highest BCUT2D eigenvalue weighted by Gasteiger charge is 2.27. The Morgan fingerprint density at radius 1 is 1.46 bits per heavy atom. The molecule has 0 saturated heterocycles. The summed E-state index contributed by atoms with van der Waals surface area (Å²) >= 11 is 0. The molecule has 0 aliphatic heterocycles. The molecule has 13 heavy (non-hydrogen) atoms. The summed E-state index contributed by atoms with van der Waals surface area (Å²) in [6.45, 7) is 7.86. The fourth-order valence-electron chi connectivity index (χ4n) is 2.14. The van der Waals surface area contributed by atoms with Gasteiger partial charge in [0.1, 0.15) is 5.78 Å². The van der Waals surface area contributed by atoms with Gasteiger partial charge < -0.3 is 0 Å². The van der Waals surface area contributed by atoms with E-state index in [1.54, 1.807) is 6.92 Å². The van der Waals surface area contributed by atoms with Gasteiger partial charge in [0.15, 0.2) is 0 Å². The molecule has 1 fully saturated rings. The molecule has 0 spiro atoms. The standard InChI is InChI=1S/C12H20O/c1-4-12(3)8-5-6-11(7-9-12)10(2)13/h4,11H,1,5-9H2,2-3H3/t11-,12?/m0/s1. The van der Waals surface area contributed by atoms with Gasteiger partial charge in [-0.2, -0.15) is 0 Å². The van der Waals surface area contributed by atoms with Crippen LogP contribution >= 0.6 is 0 Å². The molecule has 0 N–H and O–H groups in total. The largest absolute Gasteiger partial charge is 0.300 e. The predicted molar refractivity (Wildman–Crippen MR) is 55.6 cm³/mol. The Labute approximate surface area is 81.2 Å². The van der Waals surface area contributed by atoms with Crippen LogP contribution in [-0.2, 0) is 4.79 Å². The zero-order chi connectivity index (χ0) is 9.90. The van der Waals surface area contributed by atoms with Crippen molar-refractivity contribution in [2.75, 3.05) is 0 Å². The van der Waals surface area contributed by atoms with Gasteiger partial charge >= 0.3 is 0 Å². The van der Waals surface area contributed by atoms with Gasteiger partial charge in [-0.3, -0.25) is 4.79 Å². The van der Waals surface area contributed by atoms with E-state index in [4.69, 9.17) is 0 Å². The van der Waals surface area contributed by atoms with Gasteiger partial charge in [-0.25, -0.2) is 0 Å². The summed E-state index contributed by atoms with van der Waals surface area (Å²) in [5.41, 5.74) is 0.282. The summed E-state index contributed by atoms with van der Waals surface area (Å²) in [6, 6.07) is 0. The lowest BCUT2D eigenvalue weighted by Gasteiger charge is -2.23. The second kappa shape index (κ2) is 4.08. The van der Waals surface area contributed by atoms with E-state index >= 15 is 0 Å². The lowest BCUT2D eigenvalue weighted by atomic mass is 9.82. The maximum Gasteiger partial charge on any atom is 0.132 e. The summed E-state index contributed by atoms with van der Waals surface area (Å²) in [6.07, 6.45) is 7.69. The molecule has 74 valence electrons. The Bertz CT molecular complexity index is 207. The molecule has 1 aliphatic carbocycles. The van der Waals surface area contributed by atoms with E-state index in [0.717, 1.165) is 19.3 Å². The number of allylic oxidation sites excluding steroid dienone is 1. The topological polar surface area (TPSA) is 17.1 Å². The average Bonchev–Trinajstić information content (AvgIpc) is 2.28. The third-order valence-electron chi connectivity index (χ3n) is 3.43. The minimum Gasteiger partial charge on any atom is -0.300 e. The number of carbonyl (C=O) groups excluding carboxylic acids is 1. The highest BCUT2D eigenvalue weighted by molar-refractivity contribution is 5.78. The van der Waals surface area contributed by atoms with Crippen molar-refractivity contribution in [2.45, 2.75) is 46.0 Å². The molecule has 1 nitrogen and oxygen atoms in total. The fraction of sp³-hybridized carbons (Fsp3) is 0.750. The van der Waals surface area contributed by atoms with Crippen molar-refractivity contribution in [2.24, 2.45) is 11.3 Å². The van der Waals surface area contributed by atoms with Crippen LogP contribution in [0.15, 0.2) is 12.7 Å². The predicted octanol–water partition coefficient (Wildman–Crippen LogP) is 3.35. The Kier molecular flexibility index (Phi) is 3.29. The first kappa shape index (κ1) is 10.5. The van der Waals surface area contributed by atoms with Gasteiger partial charge in [-0.05, 0) is 38.0 Å². The van der Waals surface area contributed by atoms with Gasteiger partial charge in [0.2, 0.25) is 0 Å². The minimum absolute atomic E-state index is 0.282. The van der Waals surface area contributed by atoms with E-state index in [-0.39, 0.29) is 5.41 Å². The first-order chi connectivity index (χ1) is 6.07. The SMILES string of the molecule is C=CC1(C)CCC[C@H](C(C)=O)CC1. The van der Waals surface area contributed by atoms with Gasteiger partial charge in [-0.15, -0.1) is 6.58 Å². The van der Waals surface area contributed by atoms with Crippen molar-refractivity contribution in [1.82, 2.24) is 0 Å². The maximum atomic E-state index is 11.2. The summed E-state index contributed by atoms with van der Waals surface area (Å²) in [5, 5.41) is 0. The fourth-order valence-corrected chi connectivity index (χ4v) is 2.14. The van der Waals surface area contributed by atoms with Crippen LogP contribution in [0.2, 0.25) is 0 Å². The van der Waals surface area contributed by atoms with E-state index < -0.39 is 0 Å². The van der Waals surface area contributed by atoms with E-state index in [2.05, 4.69) is 19.6 Å². The van der Waals surface area contributed by atoms with Crippen LogP contribution in [0.5, 0.6) is 0 Å².